The average molecular weight is 283 g/mol. The number of nitro groups is 1. The van der Waals surface area contributed by atoms with Crippen LogP contribution in [0, 0.1) is 10.1 Å². The molecule has 2 aromatic rings. The second-order valence-corrected chi connectivity index (χ2v) is 4.91. The van der Waals surface area contributed by atoms with E-state index in [0.717, 1.165) is 24.0 Å². The van der Waals surface area contributed by atoms with E-state index < -0.39 is 4.92 Å². The first-order valence-corrected chi connectivity index (χ1v) is 6.72. The molecule has 0 saturated carbocycles. The molecule has 0 unspecified atom stereocenters. The molecule has 0 radical (unpaired) electrons. The molecule has 0 spiro atoms. The number of fused-ring (bicyclic) bond motifs is 1. The number of nitrogens with zero attached hydrogens (tertiary/aromatic N) is 1. The van der Waals surface area contributed by atoms with Crippen LogP contribution in [0.4, 0.5) is 5.69 Å². The van der Waals surface area contributed by atoms with Crippen molar-refractivity contribution in [2.45, 2.75) is 19.3 Å². The number of benzene rings is 2. The Bertz CT molecular complexity index is 707. The molecule has 106 valence electrons. The summed E-state index contributed by atoms with van der Waals surface area (Å²) in [5.74, 6) is 1.31. The molecule has 0 N–H and O–H groups in total. The van der Waals surface area contributed by atoms with Crippen molar-refractivity contribution < 1.29 is 14.5 Å². The van der Waals surface area contributed by atoms with Crippen molar-refractivity contribution in [3.8, 4) is 11.5 Å². The third-order valence-corrected chi connectivity index (χ3v) is 3.54. The quantitative estimate of drug-likeness (QED) is 0.632. The summed E-state index contributed by atoms with van der Waals surface area (Å²) in [6.45, 7) is 0. The zero-order valence-corrected chi connectivity index (χ0v) is 11.2. The number of carbonyl (C=O) groups is 1. The number of ketones is 1. The minimum atomic E-state index is -0.452. The van der Waals surface area contributed by atoms with Crippen LogP contribution in [0.3, 0.4) is 0 Å². The lowest BCUT2D eigenvalue weighted by Crippen LogP contribution is -2.11. The summed E-state index contributed by atoms with van der Waals surface area (Å²) in [4.78, 5) is 22.1. The molecule has 21 heavy (non-hydrogen) atoms. The Hall–Kier alpha value is -2.69. The van der Waals surface area contributed by atoms with Gasteiger partial charge < -0.3 is 4.74 Å². The SMILES string of the molecule is O=C1CCCc2c(Oc3ccc([N+](=O)[O-])cc3)cccc21. The zero-order chi connectivity index (χ0) is 14.8. The molecule has 1 aliphatic carbocycles. The molecular formula is C16H13NO4. The molecule has 0 atom stereocenters. The summed E-state index contributed by atoms with van der Waals surface area (Å²) in [7, 11) is 0. The average Bonchev–Trinajstić information content (AvgIpc) is 2.49. The highest BCUT2D eigenvalue weighted by molar-refractivity contribution is 5.99. The van der Waals surface area contributed by atoms with E-state index in [9.17, 15) is 14.9 Å². The molecule has 5 nitrogen and oxygen atoms in total. The van der Waals surface area contributed by atoms with Crippen LogP contribution >= 0.6 is 0 Å². The smallest absolute Gasteiger partial charge is 0.269 e. The van der Waals surface area contributed by atoms with E-state index in [0.29, 0.717) is 17.9 Å². The largest absolute Gasteiger partial charge is 0.457 e. The van der Waals surface area contributed by atoms with E-state index in [2.05, 4.69) is 0 Å². The third-order valence-electron chi connectivity index (χ3n) is 3.54. The van der Waals surface area contributed by atoms with Crippen LogP contribution in [0.15, 0.2) is 42.5 Å². The fourth-order valence-corrected chi connectivity index (χ4v) is 2.50. The summed E-state index contributed by atoms with van der Waals surface area (Å²) in [5.41, 5.74) is 1.67. The van der Waals surface area contributed by atoms with Gasteiger partial charge in [0.25, 0.3) is 5.69 Å². The Morgan fingerprint density at radius 2 is 1.81 bits per heavy atom. The van der Waals surface area contributed by atoms with E-state index in [1.165, 1.54) is 12.1 Å². The second kappa shape index (κ2) is 5.36. The van der Waals surface area contributed by atoms with Crippen molar-refractivity contribution in [3.05, 3.63) is 63.7 Å². The number of carbonyl (C=O) groups excluding carboxylic acids is 1. The van der Waals surface area contributed by atoms with Gasteiger partial charge in [-0.15, -0.1) is 0 Å². The summed E-state index contributed by atoms with van der Waals surface area (Å²) < 4.78 is 5.79. The molecule has 0 aromatic heterocycles. The molecule has 1 aliphatic rings. The number of non-ortho nitro benzene ring substituents is 1. The molecule has 0 amide bonds. The highest BCUT2D eigenvalue weighted by Gasteiger charge is 2.20. The van der Waals surface area contributed by atoms with E-state index in [-0.39, 0.29) is 11.5 Å². The minimum absolute atomic E-state index is 0.0209. The fourth-order valence-electron chi connectivity index (χ4n) is 2.50. The van der Waals surface area contributed by atoms with Gasteiger partial charge >= 0.3 is 0 Å². The number of Topliss-reactive ketones (excluding diaryl/α,β-unsaturated/α-hetero) is 1. The monoisotopic (exact) mass is 283 g/mol. The normalized spacial score (nSPS) is 13.6. The molecule has 2 aromatic carbocycles. The lowest BCUT2D eigenvalue weighted by molar-refractivity contribution is -0.384. The molecule has 0 fully saturated rings. The van der Waals surface area contributed by atoms with Crippen LogP contribution in [-0.2, 0) is 6.42 Å². The number of ether oxygens (including phenoxy) is 1. The summed E-state index contributed by atoms with van der Waals surface area (Å²) in [5, 5.41) is 10.6. The molecule has 3 rings (SSSR count). The van der Waals surface area contributed by atoms with Crippen LogP contribution in [0.25, 0.3) is 0 Å². The van der Waals surface area contributed by atoms with Crippen LogP contribution in [-0.4, -0.2) is 10.7 Å². The predicted molar refractivity (Wildman–Crippen MR) is 76.9 cm³/mol. The van der Waals surface area contributed by atoms with Crippen molar-refractivity contribution in [1.82, 2.24) is 0 Å². The van der Waals surface area contributed by atoms with E-state index >= 15 is 0 Å². The standard InChI is InChI=1S/C16H13NO4/c18-15-5-1-4-14-13(15)3-2-6-16(14)21-12-9-7-11(8-10-12)17(19)20/h2-3,6-10H,1,4-5H2. The van der Waals surface area contributed by atoms with Gasteiger partial charge in [-0.2, -0.15) is 0 Å². The van der Waals surface area contributed by atoms with Gasteiger partial charge in [-0.25, -0.2) is 0 Å². The summed E-state index contributed by atoms with van der Waals surface area (Å²) in [6, 6.07) is 11.3. The Balaban J connectivity index is 1.90. The maximum atomic E-state index is 11.9. The fraction of sp³-hybridized carbons (Fsp3) is 0.188. The first-order chi connectivity index (χ1) is 10.1. The Morgan fingerprint density at radius 3 is 2.52 bits per heavy atom. The Labute approximate surface area is 121 Å². The van der Waals surface area contributed by atoms with Gasteiger partial charge in [-0.1, -0.05) is 12.1 Å². The van der Waals surface area contributed by atoms with E-state index in [1.54, 1.807) is 18.2 Å². The maximum Gasteiger partial charge on any atom is 0.269 e. The van der Waals surface area contributed by atoms with Gasteiger partial charge in [-0.05, 0) is 31.0 Å². The van der Waals surface area contributed by atoms with Crippen LogP contribution in [0.1, 0.15) is 28.8 Å². The van der Waals surface area contributed by atoms with Crippen LogP contribution in [0.2, 0.25) is 0 Å². The van der Waals surface area contributed by atoms with Crippen molar-refractivity contribution >= 4 is 11.5 Å². The molecular weight excluding hydrogens is 270 g/mol. The van der Waals surface area contributed by atoms with Gasteiger partial charge in [0.1, 0.15) is 11.5 Å². The van der Waals surface area contributed by atoms with Gasteiger partial charge in [0, 0.05) is 29.7 Å². The number of nitro benzene ring substituents is 1. The second-order valence-electron chi connectivity index (χ2n) is 4.91. The van der Waals surface area contributed by atoms with Gasteiger partial charge in [0.05, 0.1) is 4.92 Å². The Morgan fingerprint density at radius 1 is 1.05 bits per heavy atom. The molecule has 0 aliphatic heterocycles. The van der Waals surface area contributed by atoms with Gasteiger partial charge in [0.2, 0.25) is 0 Å². The lowest BCUT2D eigenvalue weighted by atomic mass is 9.90. The third kappa shape index (κ3) is 2.63. The van der Waals surface area contributed by atoms with Gasteiger partial charge in [0.15, 0.2) is 5.78 Å². The highest BCUT2D eigenvalue weighted by Crippen LogP contribution is 2.33. The summed E-state index contributed by atoms with van der Waals surface area (Å²) in [6.07, 6.45) is 2.21. The molecule has 0 bridgehead atoms. The van der Waals surface area contributed by atoms with Gasteiger partial charge in [-0.3, -0.25) is 14.9 Å². The summed E-state index contributed by atoms with van der Waals surface area (Å²) >= 11 is 0. The maximum absolute atomic E-state index is 11.9. The van der Waals surface area contributed by atoms with E-state index in [1.807, 2.05) is 12.1 Å². The van der Waals surface area contributed by atoms with Crippen LogP contribution in [0.5, 0.6) is 11.5 Å². The molecule has 0 saturated heterocycles. The zero-order valence-electron chi connectivity index (χ0n) is 11.2. The van der Waals surface area contributed by atoms with Crippen molar-refractivity contribution in [2.24, 2.45) is 0 Å². The first kappa shape index (κ1) is 13.3. The minimum Gasteiger partial charge on any atom is -0.457 e. The first-order valence-electron chi connectivity index (χ1n) is 6.72. The topological polar surface area (TPSA) is 69.4 Å². The molecule has 0 heterocycles. The number of rotatable bonds is 3. The number of hydrogen-bond acceptors (Lipinski definition) is 4. The molecule has 5 heteroatoms. The lowest BCUT2D eigenvalue weighted by Gasteiger charge is -2.18. The van der Waals surface area contributed by atoms with Crippen molar-refractivity contribution in [3.63, 3.8) is 0 Å². The van der Waals surface area contributed by atoms with Crippen molar-refractivity contribution in [2.75, 3.05) is 0 Å². The predicted octanol–water partition coefficient (Wildman–Crippen LogP) is 3.91. The Kier molecular flexibility index (Phi) is 3.39. The highest BCUT2D eigenvalue weighted by atomic mass is 16.6. The van der Waals surface area contributed by atoms with Crippen LogP contribution < -0.4 is 4.74 Å². The van der Waals surface area contributed by atoms with Crippen molar-refractivity contribution in [1.29, 1.82) is 0 Å². The number of hydrogen-bond donors (Lipinski definition) is 0. The van der Waals surface area contributed by atoms with E-state index in [4.69, 9.17) is 4.74 Å².